The Kier molecular flexibility index (Phi) is 9.77. The van der Waals surface area contributed by atoms with Crippen molar-refractivity contribution in [3.05, 3.63) is 20.2 Å². The highest BCUT2D eigenvalue weighted by Crippen LogP contribution is 1.95. The van der Waals surface area contributed by atoms with Gasteiger partial charge in [0.1, 0.15) is 6.42 Å². The molecule has 0 aromatic carbocycles. The van der Waals surface area contributed by atoms with Gasteiger partial charge in [0.2, 0.25) is 0 Å². The summed E-state index contributed by atoms with van der Waals surface area (Å²) in [5, 5.41) is 17.6. The molecule has 0 atom stereocenters. The molecule has 21 heavy (non-hydrogen) atoms. The molecule has 0 spiro atoms. The summed E-state index contributed by atoms with van der Waals surface area (Å²) in [6.45, 7) is -0.699. The van der Waals surface area contributed by atoms with E-state index < -0.39 is 28.5 Å². The third-order valence-corrected chi connectivity index (χ3v) is 1.79. The molecule has 0 saturated heterocycles. The van der Waals surface area contributed by atoms with E-state index in [-0.39, 0.29) is 39.3 Å². The molecule has 0 heterocycles. The number of nitrogens with zero attached hydrogens (tertiary/aromatic N) is 2. The Bertz CT molecular complexity index is 338. The van der Waals surface area contributed by atoms with E-state index in [0.717, 1.165) is 0 Å². The maximum Gasteiger partial charge on any atom is 0.317 e. The van der Waals surface area contributed by atoms with Crippen molar-refractivity contribution in [2.45, 2.75) is 19.3 Å². The van der Waals surface area contributed by atoms with Gasteiger partial charge < -0.3 is 19.1 Å². The van der Waals surface area contributed by atoms with Gasteiger partial charge in [0.25, 0.3) is 10.2 Å². The summed E-state index contributed by atoms with van der Waals surface area (Å²) in [6.07, 6.45) is -0.397. The van der Waals surface area contributed by atoms with Crippen molar-refractivity contribution in [3.8, 4) is 0 Å². The van der Waals surface area contributed by atoms with Crippen LogP contribution in [0.25, 0.3) is 0 Å². The third-order valence-electron chi connectivity index (χ3n) is 1.79. The molecule has 0 saturated carbocycles. The van der Waals surface area contributed by atoms with Crippen LogP contribution < -0.4 is 0 Å². The van der Waals surface area contributed by atoms with E-state index >= 15 is 0 Å². The van der Waals surface area contributed by atoms with Crippen LogP contribution in [0.3, 0.4) is 0 Å². The Morgan fingerprint density at radius 2 is 1.14 bits per heavy atom. The molecule has 12 heteroatoms. The van der Waals surface area contributed by atoms with E-state index in [2.05, 4.69) is 19.1 Å². The highest BCUT2D eigenvalue weighted by atomic mass is 17.0. The highest BCUT2D eigenvalue weighted by molar-refractivity contribution is 5.91. The second-order valence-electron chi connectivity index (χ2n) is 3.44. The lowest BCUT2D eigenvalue weighted by Crippen LogP contribution is -2.16. The van der Waals surface area contributed by atoms with Crippen molar-refractivity contribution in [3.63, 3.8) is 0 Å². The third kappa shape index (κ3) is 13.6. The Balaban J connectivity index is 3.50. The monoisotopic (exact) mass is 310 g/mol. The van der Waals surface area contributed by atoms with Crippen LogP contribution in [0.4, 0.5) is 0 Å². The molecule has 120 valence electrons. The summed E-state index contributed by atoms with van der Waals surface area (Å²) in [5.41, 5.74) is 0. The van der Waals surface area contributed by atoms with Crippen LogP contribution in [0.2, 0.25) is 0 Å². The van der Waals surface area contributed by atoms with Crippen LogP contribution in [-0.2, 0) is 28.7 Å². The quantitative estimate of drug-likeness (QED) is 0.153. The SMILES string of the molecule is O=C(CC(=O)OCCCO[N+](=O)[O-])OCCCO[N+](=O)[O-]. The van der Waals surface area contributed by atoms with Crippen molar-refractivity contribution < 1.29 is 38.9 Å². The van der Waals surface area contributed by atoms with Crippen molar-refractivity contribution >= 4 is 11.9 Å². The first kappa shape index (κ1) is 18.3. The molecule has 0 bridgehead atoms. The van der Waals surface area contributed by atoms with Crippen LogP contribution in [0.15, 0.2) is 0 Å². The molecule has 12 nitrogen and oxygen atoms in total. The second-order valence-corrected chi connectivity index (χ2v) is 3.44. The molecule has 0 aliphatic heterocycles. The molecule has 0 aliphatic carbocycles. The fraction of sp³-hybridized carbons (Fsp3) is 0.778. The number of carbonyl (C=O) groups is 2. The molecule has 0 fully saturated rings. The first-order valence-electron chi connectivity index (χ1n) is 5.77. The molecular weight excluding hydrogens is 296 g/mol. The van der Waals surface area contributed by atoms with Crippen LogP contribution in [0, 0.1) is 20.2 Å². The normalized spacial score (nSPS) is 9.52. The van der Waals surface area contributed by atoms with Gasteiger partial charge >= 0.3 is 11.9 Å². The van der Waals surface area contributed by atoms with Crippen molar-refractivity contribution in [2.75, 3.05) is 26.4 Å². The zero-order valence-electron chi connectivity index (χ0n) is 10.9. The standard InChI is InChI=1S/C9H14N2O10/c12-8(18-3-1-5-20-10(14)15)7-9(13)19-4-2-6-21-11(16)17/h1-7H2. The first-order valence-corrected chi connectivity index (χ1v) is 5.77. The molecule has 0 N–H and O–H groups in total. The molecule has 0 radical (unpaired) electrons. The molecule has 0 aromatic rings. The highest BCUT2D eigenvalue weighted by Gasteiger charge is 2.12. The Morgan fingerprint density at radius 1 is 0.762 bits per heavy atom. The van der Waals surface area contributed by atoms with Gasteiger partial charge in [-0.2, -0.15) is 0 Å². The van der Waals surface area contributed by atoms with Gasteiger partial charge in [-0.1, -0.05) is 0 Å². The molecule has 0 aliphatic rings. The predicted molar refractivity (Wildman–Crippen MR) is 61.7 cm³/mol. The number of esters is 2. The maximum atomic E-state index is 11.1. The largest absolute Gasteiger partial charge is 0.465 e. The smallest absolute Gasteiger partial charge is 0.317 e. The predicted octanol–water partition coefficient (Wildman–Crippen LogP) is -0.340. The van der Waals surface area contributed by atoms with Gasteiger partial charge in [0.15, 0.2) is 0 Å². The van der Waals surface area contributed by atoms with Crippen LogP contribution in [-0.4, -0.2) is 48.5 Å². The van der Waals surface area contributed by atoms with Gasteiger partial charge in [-0.05, 0) is 0 Å². The molecule has 0 rings (SSSR count). The lowest BCUT2D eigenvalue weighted by Gasteiger charge is -2.05. The van der Waals surface area contributed by atoms with Gasteiger partial charge in [-0.15, -0.1) is 20.2 Å². The number of carbonyl (C=O) groups excluding carboxylic acids is 2. The Labute approximate surface area is 118 Å². The summed E-state index contributed by atoms with van der Waals surface area (Å²) in [4.78, 5) is 49.8. The van der Waals surface area contributed by atoms with Gasteiger partial charge in [-0.25, -0.2) is 0 Å². The molecule has 0 unspecified atom stereocenters. The minimum atomic E-state index is -0.970. The molecular formula is C9H14N2O10. The fourth-order valence-electron chi connectivity index (χ4n) is 0.988. The average Bonchev–Trinajstić information content (AvgIpc) is 2.37. The minimum Gasteiger partial charge on any atom is -0.465 e. The van der Waals surface area contributed by atoms with E-state index in [0.29, 0.717) is 0 Å². The van der Waals surface area contributed by atoms with Gasteiger partial charge in [0, 0.05) is 12.8 Å². The Morgan fingerprint density at radius 3 is 1.48 bits per heavy atom. The number of hydrogen-bond donors (Lipinski definition) is 0. The maximum absolute atomic E-state index is 11.1. The minimum absolute atomic E-state index is 0.111. The van der Waals surface area contributed by atoms with Crippen LogP contribution in [0.1, 0.15) is 19.3 Å². The van der Waals surface area contributed by atoms with Crippen molar-refractivity contribution in [2.24, 2.45) is 0 Å². The summed E-state index contributed by atoms with van der Waals surface area (Å²) < 4.78 is 9.19. The second kappa shape index (κ2) is 11.2. The Hall–Kier alpha value is -2.66. The van der Waals surface area contributed by atoms with Gasteiger partial charge in [0.05, 0.1) is 26.4 Å². The van der Waals surface area contributed by atoms with E-state index in [1.807, 2.05) is 0 Å². The van der Waals surface area contributed by atoms with E-state index in [9.17, 15) is 29.8 Å². The summed E-state index contributed by atoms with van der Waals surface area (Å²) in [6, 6.07) is 0. The molecule has 0 aromatic heterocycles. The number of ether oxygens (including phenoxy) is 2. The van der Waals surface area contributed by atoms with E-state index in [4.69, 9.17) is 0 Å². The summed E-state index contributed by atoms with van der Waals surface area (Å²) in [7, 11) is 0. The lowest BCUT2D eigenvalue weighted by molar-refractivity contribution is -0.757. The van der Waals surface area contributed by atoms with Crippen molar-refractivity contribution in [1.82, 2.24) is 0 Å². The molecule has 0 amide bonds. The zero-order chi connectivity index (χ0) is 16.1. The zero-order valence-corrected chi connectivity index (χ0v) is 10.9. The van der Waals surface area contributed by atoms with Gasteiger partial charge in [-0.3, -0.25) is 9.59 Å². The first-order chi connectivity index (χ1) is 9.91. The number of rotatable bonds is 12. The van der Waals surface area contributed by atoms with E-state index in [1.165, 1.54) is 0 Å². The van der Waals surface area contributed by atoms with Crippen molar-refractivity contribution in [1.29, 1.82) is 0 Å². The summed E-state index contributed by atoms with van der Waals surface area (Å²) >= 11 is 0. The lowest BCUT2D eigenvalue weighted by atomic mass is 10.4. The summed E-state index contributed by atoms with van der Waals surface area (Å²) in [5.74, 6) is -1.69. The fourth-order valence-corrected chi connectivity index (χ4v) is 0.988. The van der Waals surface area contributed by atoms with Crippen LogP contribution in [0.5, 0.6) is 0 Å². The van der Waals surface area contributed by atoms with Crippen LogP contribution >= 0.6 is 0 Å². The topological polar surface area (TPSA) is 157 Å². The number of hydrogen-bond acceptors (Lipinski definition) is 10. The average molecular weight is 310 g/mol. The van der Waals surface area contributed by atoms with E-state index in [1.54, 1.807) is 0 Å².